The Morgan fingerprint density at radius 1 is 1.47 bits per heavy atom. The Bertz CT molecular complexity index is 568. The SMILES string of the molecule is Cc1nc(C)c(C(=O)Nc2ccncc2Br)s1. The fourth-order valence-corrected chi connectivity index (χ4v) is 2.56. The van der Waals surface area contributed by atoms with Gasteiger partial charge in [0.05, 0.1) is 20.9 Å². The van der Waals surface area contributed by atoms with Crippen LogP contribution < -0.4 is 5.32 Å². The van der Waals surface area contributed by atoms with Gasteiger partial charge in [-0.15, -0.1) is 11.3 Å². The van der Waals surface area contributed by atoms with Crippen molar-refractivity contribution < 1.29 is 4.79 Å². The summed E-state index contributed by atoms with van der Waals surface area (Å²) in [5.41, 5.74) is 1.46. The first-order chi connectivity index (χ1) is 8.08. The summed E-state index contributed by atoms with van der Waals surface area (Å²) in [6.45, 7) is 3.72. The zero-order valence-electron chi connectivity index (χ0n) is 9.32. The first kappa shape index (κ1) is 12.2. The number of hydrogen-bond donors (Lipinski definition) is 1. The van der Waals surface area contributed by atoms with E-state index in [4.69, 9.17) is 0 Å². The molecule has 6 heteroatoms. The van der Waals surface area contributed by atoms with Gasteiger partial charge in [0.1, 0.15) is 4.88 Å². The minimum absolute atomic E-state index is 0.139. The van der Waals surface area contributed by atoms with Crippen LogP contribution in [0, 0.1) is 13.8 Å². The quantitative estimate of drug-likeness (QED) is 0.926. The zero-order valence-corrected chi connectivity index (χ0v) is 11.7. The van der Waals surface area contributed by atoms with E-state index in [-0.39, 0.29) is 5.91 Å². The van der Waals surface area contributed by atoms with Gasteiger partial charge in [-0.05, 0) is 35.8 Å². The van der Waals surface area contributed by atoms with E-state index in [9.17, 15) is 4.79 Å². The van der Waals surface area contributed by atoms with Crippen molar-refractivity contribution in [1.82, 2.24) is 9.97 Å². The number of nitrogens with zero attached hydrogens (tertiary/aromatic N) is 2. The molecule has 0 spiro atoms. The van der Waals surface area contributed by atoms with Gasteiger partial charge >= 0.3 is 0 Å². The molecule has 0 aliphatic rings. The number of rotatable bonds is 2. The molecule has 0 radical (unpaired) electrons. The maximum atomic E-state index is 12.0. The Morgan fingerprint density at radius 3 is 2.82 bits per heavy atom. The number of aryl methyl sites for hydroxylation is 2. The van der Waals surface area contributed by atoms with E-state index in [1.54, 1.807) is 18.5 Å². The third kappa shape index (κ3) is 2.70. The van der Waals surface area contributed by atoms with Crippen molar-refractivity contribution in [2.45, 2.75) is 13.8 Å². The third-order valence-electron chi connectivity index (χ3n) is 2.13. The summed E-state index contributed by atoms with van der Waals surface area (Å²) in [5.74, 6) is -0.139. The van der Waals surface area contributed by atoms with Crippen molar-refractivity contribution in [1.29, 1.82) is 0 Å². The summed E-state index contributed by atoms with van der Waals surface area (Å²) in [6.07, 6.45) is 3.27. The highest BCUT2D eigenvalue weighted by Crippen LogP contribution is 2.23. The Morgan fingerprint density at radius 2 is 2.24 bits per heavy atom. The fraction of sp³-hybridized carbons (Fsp3) is 0.182. The second kappa shape index (κ2) is 4.93. The number of hydrogen-bond acceptors (Lipinski definition) is 4. The number of pyridine rings is 1. The first-order valence-electron chi connectivity index (χ1n) is 4.93. The van der Waals surface area contributed by atoms with Gasteiger partial charge in [-0.3, -0.25) is 9.78 Å². The molecular formula is C11H10BrN3OS. The molecule has 1 amide bonds. The Balaban J connectivity index is 2.23. The van der Waals surface area contributed by atoms with E-state index in [1.165, 1.54) is 11.3 Å². The Labute approximate surface area is 111 Å². The fourth-order valence-electron chi connectivity index (χ4n) is 1.40. The molecule has 0 unspecified atom stereocenters. The normalized spacial score (nSPS) is 10.3. The molecule has 4 nitrogen and oxygen atoms in total. The molecule has 2 rings (SSSR count). The number of thiazole rings is 1. The second-order valence-corrected chi connectivity index (χ2v) is 5.51. The lowest BCUT2D eigenvalue weighted by Crippen LogP contribution is -2.12. The van der Waals surface area contributed by atoms with E-state index in [2.05, 4.69) is 31.2 Å². The highest BCUT2D eigenvalue weighted by molar-refractivity contribution is 9.10. The van der Waals surface area contributed by atoms with Gasteiger partial charge < -0.3 is 5.32 Å². The maximum absolute atomic E-state index is 12.0. The van der Waals surface area contributed by atoms with E-state index < -0.39 is 0 Å². The average molecular weight is 312 g/mol. The summed E-state index contributed by atoms with van der Waals surface area (Å²) in [7, 11) is 0. The molecule has 2 aromatic rings. The number of carbonyl (C=O) groups excluding carboxylic acids is 1. The minimum atomic E-state index is -0.139. The predicted octanol–water partition coefficient (Wildman–Crippen LogP) is 3.17. The van der Waals surface area contributed by atoms with Crippen molar-refractivity contribution in [2.75, 3.05) is 5.32 Å². The molecule has 0 aliphatic heterocycles. The maximum Gasteiger partial charge on any atom is 0.267 e. The zero-order chi connectivity index (χ0) is 12.4. The largest absolute Gasteiger partial charge is 0.320 e. The highest BCUT2D eigenvalue weighted by Gasteiger charge is 2.14. The standard InChI is InChI=1S/C11H10BrN3OS/c1-6-10(17-7(2)14-6)11(16)15-9-3-4-13-5-8(9)12/h3-5H,1-2H3,(H,13,15,16). The molecule has 0 atom stereocenters. The number of anilines is 1. The van der Waals surface area contributed by atoms with Gasteiger partial charge in [0.2, 0.25) is 0 Å². The van der Waals surface area contributed by atoms with Gasteiger partial charge in [0.15, 0.2) is 0 Å². The number of aromatic nitrogens is 2. The Hall–Kier alpha value is -1.27. The summed E-state index contributed by atoms with van der Waals surface area (Å²) in [4.78, 5) is 20.8. The molecule has 88 valence electrons. The molecule has 0 saturated heterocycles. The molecule has 0 aromatic carbocycles. The van der Waals surface area contributed by atoms with Crippen LogP contribution in [-0.2, 0) is 0 Å². The Kier molecular flexibility index (Phi) is 3.54. The lowest BCUT2D eigenvalue weighted by atomic mass is 10.3. The lowest BCUT2D eigenvalue weighted by Gasteiger charge is -2.05. The molecular weight excluding hydrogens is 302 g/mol. The summed E-state index contributed by atoms with van der Waals surface area (Å²) in [6, 6.07) is 1.74. The van der Waals surface area contributed by atoms with Crippen LogP contribution >= 0.6 is 27.3 Å². The topological polar surface area (TPSA) is 54.9 Å². The van der Waals surface area contributed by atoms with E-state index in [0.29, 0.717) is 10.6 Å². The monoisotopic (exact) mass is 311 g/mol. The molecule has 17 heavy (non-hydrogen) atoms. The van der Waals surface area contributed by atoms with Gasteiger partial charge in [0, 0.05) is 12.4 Å². The number of halogens is 1. The van der Waals surface area contributed by atoms with Crippen LogP contribution in [0.1, 0.15) is 20.4 Å². The summed E-state index contributed by atoms with van der Waals surface area (Å²) >= 11 is 4.73. The summed E-state index contributed by atoms with van der Waals surface area (Å²) < 4.78 is 0.757. The van der Waals surface area contributed by atoms with Crippen molar-refractivity contribution in [3.63, 3.8) is 0 Å². The molecule has 1 N–H and O–H groups in total. The van der Waals surface area contributed by atoms with Crippen LogP contribution in [-0.4, -0.2) is 15.9 Å². The van der Waals surface area contributed by atoms with Gasteiger partial charge in [-0.25, -0.2) is 4.98 Å². The molecule has 0 bridgehead atoms. The average Bonchev–Trinajstić information content (AvgIpc) is 2.61. The second-order valence-electron chi connectivity index (χ2n) is 3.46. The first-order valence-corrected chi connectivity index (χ1v) is 6.54. The van der Waals surface area contributed by atoms with Crippen molar-refractivity contribution in [3.8, 4) is 0 Å². The van der Waals surface area contributed by atoms with Gasteiger partial charge in [-0.2, -0.15) is 0 Å². The van der Waals surface area contributed by atoms with Crippen LogP contribution in [0.4, 0.5) is 5.69 Å². The molecule has 2 heterocycles. The predicted molar refractivity (Wildman–Crippen MR) is 71.5 cm³/mol. The minimum Gasteiger partial charge on any atom is -0.320 e. The van der Waals surface area contributed by atoms with Crippen LogP contribution in [0.2, 0.25) is 0 Å². The highest BCUT2D eigenvalue weighted by atomic mass is 79.9. The van der Waals surface area contributed by atoms with Gasteiger partial charge in [-0.1, -0.05) is 0 Å². The van der Waals surface area contributed by atoms with Crippen LogP contribution in [0.25, 0.3) is 0 Å². The van der Waals surface area contributed by atoms with Crippen LogP contribution in [0.5, 0.6) is 0 Å². The van der Waals surface area contributed by atoms with E-state index >= 15 is 0 Å². The number of nitrogens with one attached hydrogen (secondary N) is 1. The van der Waals surface area contributed by atoms with Gasteiger partial charge in [0.25, 0.3) is 5.91 Å². The van der Waals surface area contributed by atoms with Crippen molar-refractivity contribution >= 4 is 38.9 Å². The van der Waals surface area contributed by atoms with Crippen LogP contribution in [0.15, 0.2) is 22.9 Å². The lowest BCUT2D eigenvalue weighted by molar-refractivity contribution is 0.102. The van der Waals surface area contributed by atoms with E-state index in [0.717, 1.165) is 15.2 Å². The summed E-state index contributed by atoms with van der Waals surface area (Å²) in [5, 5.41) is 3.72. The molecule has 0 fully saturated rings. The number of carbonyl (C=O) groups is 1. The molecule has 0 saturated carbocycles. The molecule has 0 aliphatic carbocycles. The van der Waals surface area contributed by atoms with Crippen molar-refractivity contribution in [2.24, 2.45) is 0 Å². The smallest absolute Gasteiger partial charge is 0.267 e. The molecule has 2 aromatic heterocycles. The van der Waals surface area contributed by atoms with Crippen LogP contribution in [0.3, 0.4) is 0 Å². The third-order valence-corrected chi connectivity index (χ3v) is 3.83. The van der Waals surface area contributed by atoms with E-state index in [1.807, 2.05) is 13.8 Å². The van der Waals surface area contributed by atoms with Crippen molar-refractivity contribution in [3.05, 3.63) is 38.5 Å². The number of amides is 1.